The van der Waals surface area contributed by atoms with Crippen molar-refractivity contribution in [3.8, 4) is 56.0 Å². The van der Waals surface area contributed by atoms with E-state index in [0.717, 1.165) is 68.5 Å². The van der Waals surface area contributed by atoms with E-state index < -0.39 is 0 Å². The molecule has 0 radical (unpaired) electrons. The number of fused-ring (bicyclic) bond motifs is 3. The van der Waals surface area contributed by atoms with Gasteiger partial charge in [0.1, 0.15) is 0 Å². The average Bonchev–Trinajstić information content (AvgIpc) is 3.26. The maximum absolute atomic E-state index is 5.26. The second-order valence-corrected chi connectivity index (χ2v) is 13.8. The summed E-state index contributed by atoms with van der Waals surface area (Å²) in [5.41, 5.74) is 12.9. The van der Waals surface area contributed by atoms with Gasteiger partial charge in [-0.25, -0.2) is 9.97 Å². The second kappa shape index (κ2) is 13.5. The molecule has 4 heteroatoms. The van der Waals surface area contributed by atoms with Crippen LogP contribution in [0.1, 0.15) is 18.5 Å². The Hall–Kier alpha value is -7.04. The Morgan fingerprint density at radius 2 is 1.11 bits per heavy atom. The summed E-state index contributed by atoms with van der Waals surface area (Å²) in [6, 6.07) is 51.6. The zero-order chi connectivity index (χ0) is 35.8. The maximum atomic E-state index is 5.26. The van der Waals surface area contributed by atoms with Crippen molar-refractivity contribution in [2.24, 2.45) is 0 Å². The van der Waals surface area contributed by atoms with E-state index in [-0.39, 0.29) is 0 Å². The van der Waals surface area contributed by atoms with Crippen molar-refractivity contribution in [3.05, 3.63) is 188 Å². The Morgan fingerprint density at radius 1 is 0.463 bits per heavy atom. The van der Waals surface area contributed by atoms with E-state index >= 15 is 0 Å². The molecule has 0 spiro atoms. The predicted molar refractivity (Wildman–Crippen MR) is 224 cm³/mol. The highest BCUT2D eigenvalue weighted by Crippen LogP contribution is 2.44. The van der Waals surface area contributed by atoms with E-state index in [1.807, 2.05) is 24.5 Å². The van der Waals surface area contributed by atoms with E-state index in [9.17, 15) is 0 Å². The highest BCUT2D eigenvalue weighted by Gasteiger charge is 2.19. The van der Waals surface area contributed by atoms with Crippen LogP contribution in [0.4, 0.5) is 0 Å². The molecule has 1 aliphatic carbocycles. The number of para-hydroxylation sites is 1. The molecule has 0 N–H and O–H groups in total. The second-order valence-electron chi connectivity index (χ2n) is 13.8. The normalized spacial score (nSPS) is 12.7. The van der Waals surface area contributed by atoms with Crippen LogP contribution in [-0.2, 0) is 0 Å². The lowest BCUT2D eigenvalue weighted by atomic mass is 9.86. The maximum Gasteiger partial charge on any atom is 0.160 e. The first-order valence-corrected chi connectivity index (χ1v) is 18.4. The van der Waals surface area contributed by atoms with E-state index in [1.165, 1.54) is 38.2 Å². The quantitative estimate of drug-likeness (QED) is 0.163. The largest absolute Gasteiger partial charge is 0.264 e. The molecule has 0 aliphatic heterocycles. The standard InChI is InChI=1S/C50H34N4/c1-2-13-33(14-3-1)46-30-47(36-17-10-16-34(27-36)39-20-12-26-51-31-39)54-50(53-46)38-19-11-18-37(29-38)48-41-21-5-7-23-43(41)49(44-24-8-6-22-42(44)48)40-28-35-15-4-9-25-45(35)52-32-40/h1-2,4-13,15-32H,3,14H2. The van der Waals surface area contributed by atoms with Gasteiger partial charge < -0.3 is 0 Å². The van der Waals surface area contributed by atoms with Crippen LogP contribution in [0.5, 0.6) is 0 Å². The van der Waals surface area contributed by atoms with Crippen molar-refractivity contribution < 1.29 is 0 Å². The van der Waals surface area contributed by atoms with Gasteiger partial charge in [0.15, 0.2) is 5.82 Å². The Balaban J connectivity index is 1.15. The fourth-order valence-corrected chi connectivity index (χ4v) is 7.87. The number of aromatic nitrogens is 4. The van der Waals surface area contributed by atoms with Gasteiger partial charge in [-0.2, -0.15) is 0 Å². The highest BCUT2D eigenvalue weighted by atomic mass is 14.9. The number of allylic oxidation sites excluding steroid dienone is 4. The SMILES string of the molecule is C1=CCCC(c2cc(-c3cccc(-c4cccnc4)c3)nc(-c3cccc(-c4c5ccccc5c(-c5cnc6ccccc6c5)c5ccccc45)c3)n2)=C1. The minimum Gasteiger partial charge on any atom is -0.264 e. The van der Waals surface area contributed by atoms with Gasteiger partial charge in [0.05, 0.1) is 16.9 Å². The van der Waals surface area contributed by atoms with Gasteiger partial charge in [-0.05, 0) is 98.6 Å². The summed E-state index contributed by atoms with van der Waals surface area (Å²) in [5.74, 6) is 0.707. The van der Waals surface area contributed by atoms with E-state index in [1.54, 1.807) is 6.20 Å². The molecule has 54 heavy (non-hydrogen) atoms. The molecule has 1 aliphatic rings. The minimum absolute atomic E-state index is 0.707. The molecule has 0 saturated heterocycles. The Kier molecular flexibility index (Phi) is 7.92. The molecule has 0 fully saturated rings. The van der Waals surface area contributed by atoms with Gasteiger partial charge in [0.2, 0.25) is 0 Å². The fraction of sp³-hybridized carbons (Fsp3) is 0.0400. The van der Waals surface area contributed by atoms with Crippen LogP contribution in [0.3, 0.4) is 0 Å². The van der Waals surface area contributed by atoms with Crippen molar-refractivity contribution in [1.29, 1.82) is 0 Å². The molecule has 10 rings (SSSR count). The third-order valence-corrected chi connectivity index (χ3v) is 10.4. The van der Waals surface area contributed by atoms with Crippen LogP contribution >= 0.6 is 0 Å². The van der Waals surface area contributed by atoms with Crippen LogP contribution in [0, 0.1) is 0 Å². The number of hydrogen-bond acceptors (Lipinski definition) is 4. The van der Waals surface area contributed by atoms with Crippen LogP contribution in [0.15, 0.2) is 182 Å². The summed E-state index contributed by atoms with van der Waals surface area (Å²) in [4.78, 5) is 19.7. The molecule has 0 atom stereocenters. The van der Waals surface area contributed by atoms with E-state index in [4.69, 9.17) is 15.0 Å². The Labute approximate surface area is 313 Å². The van der Waals surface area contributed by atoms with Crippen molar-refractivity contribution >= 4 is 38.0 Å². The molecule has 3 heterocycles. The third-order valence-electron chi connectivity index (χ3n) is 10.4. The first-order chi connectivity index (χ1) is 26.8. The number of hydrogen-bond donors (Lipinski definition) is 0. The summed E-state index contributed by atoms with van der Waals surface area (Å²) >= 11 is 0. The van der Waals surface area contributed by atoms with Crippen molar-refractivity contribution in [1.82, 2.24) is 19.9 Å². The first kappa shape index (κ1) is 31.7. The highest BCUT2D eigenvalue weighted by molar-refractivity contribution is 6.21. The van der Waals surface area contributed by atoms with Crippen LogP contribution in [-0.4, -0.2) is 19.9 Å². The summed E-state index contributed by atoms with van der Waals surface area (Å²) in [6.45, 7) is 0. The lowest BCUT2D eigenvalue weighted by Crippen LogP contribution is -2.00. The smallest absolute Gasteiger partial charge is 0.160 e. The number of benzene rings is 6. The lowest BCUT2D eigenvalue weighted by molar-refractivity contribution is 1.03. The van der Waals surface area contributed by atoms with Gasteiger partial charge >= 0.3 is 0 Å². The number of pyridine rings is 2. The summed E-state index contributed by atoms with van der Waals surface area (Å²) in [5, 5.41) is 5.90. The molecule has 0 unspecified atom stereocenters. The summed E-state index contributed by atoms with van der Waals surface area (Å²) in [6.07, 6.45) is 14.2. The fourth-order valence-electron chi connectivity index (χ4n) is 7.87. The van der Waals surface area contributed by atoms with Crippen molar-refractivity contribution in [2.75, 3.05) is 0 Å². The molecule has 3 aromatic heterocycles. The van der Waals surface area contributed by atoms with Gasteiger partial charge in [-0.1, -0.05) is 127 Å². The number of nitrogens with zero attached hydrogens (tertiary/aromatic N) is 4. The van der Waals surface area contributed by atoms with Gasteiger partial charge in [-0.3, -0.25) is 9.97 Å². The van der Waals surface area contributed by atoms with Crippen LogP contribution < -0.4 is 0 Å². The molecule has 6 aromatic carbocycles. The molecule has 9 aromatic rings. The molecule has 4 nitrogen and oxygen atoms in total. The molecule has 254 valence electrons. The molecule has 0 amide bonds. The summed E-state index contributed by atoms with van der Waals surface area (Å²) < 4.78 is 0. The van der Waals surface area contributed by atoms with Crippen molar-refractivity contribution in [3.63, 3.8) is 0 Å². The first-order valence-electron chi connectivity index (χ1n) is 18.4. The molecule has 0 saturated carbocycles. The van der Waals surface area contributed by atoms with Gasteiger partial charge in [0.25, 0.3) is 0 Å². The third kappa shape index (κ3) is 5.75. The van der Waals surface area contributed by atoms with Crippen LogP contribution in [0.25, 0.3) is 94.0 Å². The molecule has 0 bridgehead atoms. The van der Waals surface area contributed by atoms with Crippen molar-refractivity contribution in [2.45, 2.75) is 12.8 Å². The topological polar surface area (TPSA) is 51.6 Å². The average molecular weight is 691 g/mol. The van der Waals surface area contributed by atoms with Gasteiger partial charge in [0, 0.05) is 46.2 Å². The monoisotopic (exact) mass is 690 g/mol. The molecular weight excluding hydrogens is 657 g/mol. The van der Waals surface area contributed by atoms with E-state index in [2.05, 4.69) is 157 Å². The Bertz CT molecular complexity index is 2890. The Morgan fingerprint density at radius 3 is 1.85 bits per heavy atom. The van der Waals surface area contributed by atoms with Gasteiger partial charge in [-0.15, -0.1) is 0 Å². The van der Waals surface area contributed by atoms with E-state index in [0.29, 0.717) is 5.82 Å². The lowest BCUT2D eigenvalue weighted by Gasteiger charge is -2.18. The summed E-state index contributed by atoms with van der Waals surface area (Å²) in [7, 11) is 0. The zero-order valence-electron chi connectivity index (χ0n) is 29.5. The number of rotatable bonds is 6. The predicted octanol–water partition coefficient (Wildman–Crippen LogP) is 12.8. The zero-order valence-corrected chi connectivity index (χ0v) is 29.5. The minimum atomic E-state index is 0.707. The van der Waals surface area contributed by atoms with Crippen LogP contribution in [0.2, 0.25) is 0 Å². The molecular formula is C50H34N4.